The number of thiocarbonyl (C=S) groups is 1. The molecule has 0 aromatic heterocycles. The first-order valence-corrected chi connectivity index (χ1v) is 5.41. The summed E-state index contributed by atoms with van der Waals surface area (Å²) in [6, 6.07) is 7.90. The van der Waals surface area contributed by atoms with E-state index in [0.717, 1.165) is 18.4 Å². The van der Waals surface area contributed by atoms with Crippen LogP contribution in [0, 0.1) is 0 Å². The molecule has 0 amide bonds. The zero-order valence-corrected chi connectivity index (χ0v) is 9.13. The molecular formula is C11H14N2OS. The Labute approximate surface area is 94.3 Å². The van der Waals surface area contributed by atoms with E-state index in [0.29, 0.717) is 0 Å². The van der Waals surface area contributed by atoms with E-state index in [4.69, 9.17) is 18.0 Å². The molecule has 15 heavy (non-hydrogen) atoms. The van der Waals surface area contributed by atoms with Gasteiger partial charge in [-0.25, -0.2) is 0 Å². The van der Waals surface area contributed by atoms with Crippen molar-refractivity contribution in [3.05, 3.63) is 35.4 Å². The predicted octanol–water partition coefficient (Wildman–Crippen LogP) is 0.868. The van der Waals surface area contributed by atoms with Gasteiger partial charge in [-0.15, -0.1) is 0 Å². The second-order valence-corrected chi connectivity index (χ2v) is 4.23. The summed E-state index contributed by atoms with van der Waals surface area (Å²) in [6.45, 7) is 0. The van der Waals surface area contributed by atoms with E-state index in [1.165, 1.54) is 5.56 Å². The average molecular weight is 222 g/mol. The molecule has 3 nitrogen and oxygen atoms in total. The van der Waals surface area contributed by atoms with Crippen LogP contribution >= 0.6 is 12.2 Å². The summed E-state index contributed by atoms with van der Waals surface area (Å²) in [5.41, 5.74) is 7.81. The maximum atomic E-state index is 9.89. The van der Waals surface area contributed by atoms with Crippen LogP contribution in [-0.2, 0) is 6.42 Å². The summed E-state index contributed by atoms with van der Waals surface area (Å²) in [4.78, 5) is 0. The van der Waals surface area contributed by atoms with Crippen molar-refractivity contribution < 1.29 is 5.11 Å². The molecule has 0 saturated heterocycles. The quantitative estimate of drug-likeness (QED) is 0.617. The fraction of sp³-hybridized carbons (Fsp3) is 0.364. The summed E-state index contributed by atoms with van der Waals surface area (Å²) >= 11 is 4.81. The summed E-state index contributed by atoms with van der Waals surface area (Å²) in [5.74, 6) is 0. The van der Waals surface area contributed by atoms with Crippen LogP contribution in [0.3, 0.4) is 0 Å². The Kier molecular flexibility index (Phi) is 2.88. The Bertz CT molecular complexity index is 381. The van der Waals surface area contributed by atoms with Crippen LogP contribution < -0.4 is 11.1 Å². The molecule has 0 radical (unpaired) electrons. The minimum absolute atomic E-state index is 0.160. The minimum Gasteiger partial charge on any atom is -0.391 e. The van der Waals surface area contributed by atoms with E-state index < -0.39 is 6.10 Å². The Hall–Kier alpha value is -1.13. The number of nitrogens with one attached hydrogen (secondary N) is 1. The predicted molar refractivity (Wildman–Crippen MR) is 63.4 cm³/mol. The molecule has 0 fully saturated rings. The van der Waals surface area contributed by atoms with Crippen LogP contribution in [0.15, 0.2) is 24.3 Å². The number of aryl methyl sites for hydroxylation is 1. The zero-order chi connectivity index (χ0) is 10.8. The molecule has 1 aromatic carbocycles. The molecule has 0 spiro atoms. The van der Waals surface area contributed by atoms with Crippen molar-refractivity contribution in [2.75, 3.05) is 0 Å². The molecule has 2 atom stereocenters. The van der Waals surface area contributed by atoms with Crippen LogP contribution in [-0.4, -0.2) is 16.3 Å². The van der Waals surface area contributed by atoms with Gasteiger partial charge in [-0.3, -0.25) is 0 Å². The van der Waals surface area contributed by atoms with Gasteiger partial charge < -0.3 is 16.2 Å². The summed E-state index contributed by atoms with van der Waals surface area (Å²) < 4.78 is 0. The van der Waals surface area contributed by atoms with Crippen molar-refractivity contribution in [1.29, 1.82) is 0 Å². The molecule has 80 valence electrons. The Balaban J connectivity index is 2.32. The van der Waals surface area contributed by atoms with Crippen molar-refractivity contribution in [3.8, 4) is 0 Å². The highest BCUT2D eigenvalue weighted by molar-refractivity contribution is 7.80. The fourth-order valence-electron chi connectivity index (χ4n) is 2.07. The zero-order valence-electron chi connectivity index (χ0n) is 8.31. The van der Waals surface area contributed by atoms with Crippen molar-refractivity contribution in [3.63, 3.8) is 0 Å². The molecule has 4 N–H and O–H groups in total. The normalized spacial score (nSPS) is 24.3. The van der Waals surface area contributed by atoms with E-state index in [-0.39, 0.29) is 11.2 Å². The van der Waals surface area contributed by atoms with Crippen LogP contribution in [0.5, 0.6) is 0 Å². The van der Waals surface area contributed by atoms with Crippen molar-refractivity contribution in [2.24, 2.45) is 5.73 Å². The Morgan fingerprint density at radius 2 is 2.20 bits per heavy atom. The number of hydrogen-bond acceptors (Lipinski definition) is 2. The first-order chi connectivity index (χ1) is 7.18. The Morgan fingerprint density at radius 3 is 2.93 bits per heavy atom. The fourth-order valence-corrected chi connectivity index (χ4v) is 2.20. The second-order valence-electron chi connectivity index (χ2n) is 3.79. The highest BCUT2D eigenvalue weighted by Crippen LogP contribution is 2.29. The standard InChI is InChI=1S/C11H14N2OS/c12-11(15)13-10-8-4-2-1-3-7(8)5-6-9(10)14/h1-4,9-10,14H,5-6H2,(H3,12,13,15). The first-order valence-electron chi connectivity index (χ1n) is 5.00. The molecule has 2 unspecified atom stereocenters. The molecular weight excluding hydrogens is 208 g/mol. The molecule has 2 rings (SSSR count). The van der Waals surface area contributed by atoms with Gasteiger partial charge in [0.1, 0.15) is 0 Å². The van der Waals surface area contributed by atoms with Crippen molar-refractivity contribution in [1.82, 2.24) is 5.32 Å². The lowest BCUT2D eigenvalue weighted by molar-refractivity contribution is 0.120. The molecule has 1 aliphatic rings. The number of aliphatic hydroxyl groups is 1. The highest BCUT2D eigenvalue weighted by Gasteiger charge is 2.27. The molecule has 4 heteroatoms. The third-order valence-corrected chi connectivity index (χ3v) is 2.90. The maximum absolute atomic E-state index is 9.89. The van der Waals surface area contributed by atoms with Gasteiger partial charge in [0, 0.05) is 0 Å². The van der Waals surface area contributed by atoms with Crippen molar-refractivity contribution in [2.45, 2.75) is 25.0 Å². The van der Waals surface area contributed by atoms with Crippen LogP contribution in [0.4, 0.5) is 0 Å². The van der Waals surface area contributed by atoms with Crippen molar-refractivity contribution >= 4 is 17.3 Å². The van der Waals surface area contributed by atoms with Gasteiger partial charge in [0.05, 0.1) is 12.1 Å². The SMILES string of the molecule is NC(=S)NC1c2ccccc2CCC1O. The number of rotatable bonds is 1. The molecule has 1 aromatic rings. The van der Waals surface area contributed by atoms with E-state index in [9.17, 15) is 5.11 Å². The number of benzene rings is 1. The number of fused-ring (bicyclic) bond motifs is 1. The van der Waals surface area contributed by atoms with E-state index in [1.54, 1.807) is 0 Å². The van der Waals surface area contributed by atoms with Gasteiger partial charge in [-0.1, -0.05) is 24.3 Å². The van der Waals surface area contributed by atoms with Crippen LogP contribution in [0.1, 0.15) is 23.6 Å². The van der Waals surface area contributed by atoms with E-state index >= 15 is 0 Å². The number of aliphatic hydroxyl groups excluding tert-OH is 1. The minimum atomic E-state index is -0.415. The lowest BCUT2D eigenvalue weighted by atomic mass is 9.86. The van der Waals surface area contributed by atoms with Crippen LogP contribution in [0.2, 0.25) is 0 Å². The molecule has 0 saturated carbocycles. The van der Waals surface area contributed by atoms with Gasteiger partial charge in [0.2, 0.25) is 0 Å². The van der Waals surface area contributed by atoms with E-state index in [2.05, 4.69) is 11.4 Å². The maximum Gasteiger partial charge on any atom is 0.164 e. The Morgan fingerprint density at radius 1 is 1.47 bits per heavy atom. The van der Waals surface area contributed by atoms with Gasteiger partial charge in [0.25, 0.3) is 0 Å². The largest absolute Gasteiger partial charge is 0.391 e. The molecule has 0 heterocycles. The summed E-state index contributed by atoms with van der Waals surface area (Å²) in [7, 11) is 0. The smallest absolute Gasteiger partial charge is 0.164 e. The monoisotopic (exact) mass is 222 g/mol. The second kappa shape index (κ2) is 4.16. The lowest BCUT2D eigenvalue weighted by Crippen LogP contribution is -2.41. The van der Waals surface area contributed by atoms with Gasteiger partial charge >= 0.3 is 0 Å². The third kappa shape index (κ3) is 2.11. The van der Waals surface area contributed by atoms with Gasteiger partial charge in [0.15, 0.2) is 5.11 Å². The average Bonchev–Trinajstić information content (AvgIpc) is 2.22. The van der Waals surface area contributed by atoms with Gasteiger partial charge in [-0.2, -0.15) is 0 Å². The first kappa shape index (κ1) is 10.4. The molecule has 0 aliphatic heterocycles. The van der Waals surface area contributed by atoms with E-state index in [1.807, 2.05) is 18.2 Å². The third-order valence-electron chi connectivity index (χ3n) is 2.78. The number of nitrogens with two attached hydrogens (primary N) is 1. The summed E-state index contributed by atoms with van der Waals surface area (Å²) in [6.07, 6.45) is 1.24. The molecule has 0 bridgehead atoms. The van der Waals surface area contributed by atoms with Gasteiger partial charge in [-0.05, 0) is 36.2 Å². The highest BCUT2D eigenvalue weighted by atomic mass is 32.1. The summed E-state index contributed by atoms with van der Waals surface area (Å²) in [5, 5.41) is 13.1. The van der Waals surface area contributed by atoms with Crippen LogP contribution in [0.25, 0.3) is 0 Å². The lowest BCUT2D eigenvalue weighted by Gasteiger charge is -2.31. The number of hydrogen-bond donors (Lipinski definition) is 3. The molecule has 1 aliphatic carbocycles. The topological polar surface area (TPSA) is 58.3 Å².